The van der Waals surface area contributed by atoms with E-state index in [2.05, 4.69) is 13.8 Å². The zero-order chi connectivity index (χ0) is 14.1. The molecule has 2 N–H and O–H groups in total. The van der Waals surface area contributed by atoms with Crippen molar-refractivity contribution in [1.82, 2.24) is 0 Å². The fourth-order valence-corrected chi connectivity index (χ4v) is 4.79. The van der Waals surface area contributed by atoms with Gasteiger partial charge in [0.15, 0.2) is 12.1 Å². The molecule has 1 heterocycles. The average molecular weight is 266 g/mol. The number of hydrogen-bond acceptors (Lipinski definition) is 4. The first-order valence-electron chi connectivity index (χ1n) is 7.00. The fourth-order valence-electron chi connectivity index (χ4n) is 4.79. The van der Waals surface area contributed by atoms with Gasteiger partial charge in [0, 0.05) is 11.3 Å². The Bertz CT molecular complexity index is 467. The molecule has 0 spiro atoms. The Kier molecular flexibility index (Phi) is 2.58. The number of rotatable bonds is 0. The second kappa shape index (κ2) is 3.68. The van der Waals surface area contributed by atoms with Crippen LogP contribution in [0.5, 0.6) is 0 Å². The number of allylic oxidation sites excluding steroid dienone is 1. The van der Waals surface area contributed by atoms with Crippen LogP contribution in [0, 0.1) is 16.7 Å². The average Bonchev–Trinajstić information content (AvgIpc) is 2.57. The van der Waals surface area contributed by atoms with Gasteiger partial charge in [0.2, 0.25) is 0 Å². The first kappa shape index (κ1) is 13.3. The Labute approximate surface area is 113 Å². The minimum absolute atomic E-state index is 0.0737. The molecule has 1 saturated heterocycles. The molecular weight excluding hydrogens is 244 g/mol. The molecule has 2 aliphatic carbocycles. The molecule has 0 aromatic carbocycles. The highest BCUT2D eigenvalue weighted by Gasteiger charge is 2.67. The summed E-state index contributed by atoms with van der Waals surface area (Å²) in [6.07, 6.45) is 2.94. The van der Waals surface area contributed by atoms with Gasteiger partial charge in [-0.05, 0) is 29.9 Å². The third kappa shape index (κ3) is 1.42. The summed E-state index contributed by atoms with van der Waals surface area (Å²) in [7, 11) is 0. The highest BCUT2D eigenvalue weighted by Crippen LogP contribution is 2.62. The van der Waals surface area contributed by atoms with Crippen molar-refractivity contribution in [3.8, 4) is 0 Å². The number of ketones is 1. The monoisotopic (exact) mass is 266 g/mol. The summed E-state index contributed by atoms with van der Waals surface area (Å²) < 4.78 is 5.22. The maximum absolute atomic E-state index is 12.5. The van der Waals surface area contributed by atoms with Crippen LogP contribution in [-0.2, 0) is 9.53 Å². The number of ether oxygens (including phenoxy) is 1. The van der Waals surface area contributed by atoms with Crippen molar-refractivity contribution in [3.63, 3.8) is 0 Å². The molecule has 4 nitrogen and oxygen atoms in total. The minimum Gasteiger partial charge on any atom is -0.379 e. The first-order chi connectivity index (χ1) is 8.73. The van der Waals surface area contributed by atoms with Crippen LogP contribution >= 0.6 is 0 Å². The van der Waals surface area contributed by atoms with Crippen LogP contribution in [0.15, 0.2) is 11.6 Å². The Morgan fingerprint density at radius 1 is 1.32 bits per heavy atom. The predicted molar refractivity (Wildman–Crippen MR) is 69.2 cm³/mol. The first-order valence-corrected chi connectivity index (χ1v) is 7.00. The number of carbonyl (C=O) groups excluding carboxylic acids is 1. The second-order valence-corrected chi connectivity index (χ2v) is 7.19. The highest BCUT2D eigenvalue weighted by atomic mass is 16.6. The van der Waals surface area contributed by atoms with E-state index in [1.807, 2.05) is 6.92 Å². The molecule has 3 rings (SSSR count). The molecule has 106 valence electrons. The Hall–Kier alpha value is -0.710. The van der Waals surface area contributed by atoms with Gasteiger partial charge >= 0.3 is 0 Å². The van der Waals surface area contributed by atoms with Gasteiger partial charge in [0.25, 0.3) is 0 Å². The summed E-state index contributed by atoms with van der Waals surface area (Å²) in [6.45, 7) is 6.24. The van der Waals surface area contributed by atoms with Crippen molar-refractivity contribution in [3.05, 3.63) is 11.6 Å². The van der Waals surface area contributed by atoms with E-state index in [1.165, 1.54) is 6.08 Å². The number of aliphatic hydroxyl groups excluding tert-OH is 1. The van der Waals surface area contributed by atoms with Gasteiger partial charge in [-0.2, -0.15) is 0 Å². The zero-order valence-corrected chi connectivity index (χ0v) is 11.8. The Balaban J connectivity index is 2.20. The molecule has 0 radical (unpaired) electrons. The SMILES string of the molecule is CC1(C)CCC[C@@]2(C)[C@H]1C(=O)C=C1CO[C@@H](O)[C@@]12O. The van der Waals surface area contributed by atoms with Crippen LogP contribution in [-0.4, -0.2) is 34.5 Å². The van der Waals surface area contributed by atoms with Crippen LogP contribution in [0.25, 0.3) is 0 Å². The number of fused-ring (bicyclic) bond motifs is 3. The topological polar surface area (TPSA) is 66.8 Å². The summed E-state index contributed by atoms with van der Waals surface area (Å²) in [4.78, 5) is 12.5. The molecule has 1 saturated carbocycles. The number of carbonyl (C=O) groups is 1. The second-order valence-electron chi connectivity index (χ2n) is 7.19. The molecule has 2 fully saturated rings. The highest BCUT2D eigenvalue weighted by molar-refractivity contribution is 5.95. The molecule has 0 unspecified atom stereocenters. The molecule has 0 bridgehead atoms. The lowest BCUT2D eigenvalue weighted by Crippen LogP contribution is -2.64. The van der Waals surface area contributed by atoms with E-state index in [-0.39, 0.29) is 23.7 Å². The molecular formula is C15H22O4. The van der Waals surface area contributed by atoms with Gasteiger partial charge in [-0.15, -0.1) is 0 Å². The lowest BCUT2D eigenvalue weighted by Gasteiger charge is -2.58. The predicted octanol–water partition coefficient (Wildman–Crippen LogP) is 1.41. The van der Waals surface area contributed by atoms with Gasteiger partial charge in [-0.1, -0.05) is 27.2 Å². The van der Waals surface area contributed by atoms with Gasteiger partial charge < -0.3 is 14.9 Å². The molecule has 19 heavy (non-hydrogen) atoms. The van der Waals surface area contributed by atoms with Crippen LogP contribution in [0.2, 0.25) is 0 Å². The lowest BCUT2D eigenvalue weighted by molar-refractivity contribution is -0.227. The van der Waals surface area contributed by atoms with Gasteiger partial charge in [-0.25, -0.2) is 0 Å². The third-order valence-electron chi connectivity index (χ3n) is 5.65. The van der Waals surface area contributed by atoms with E-state index in [9.17, 15) is 15.0 Å². The number of hydrogen-bond donors (Lipinski definition) is 2. The van der Waals surface area contributed by atoms with Crippen molar-refractivity contribution in [2.24, 2.45) is 16.7 Å². The largest absolute Gasteiger partial charge is 0.379 e. The zero-order valence-electron chi connectivity index (χ0n) is 11.8. The van der Waals surface area contributed by atoms with E-state index in [4.69, 9.17) is 4.74 Å². The molecule has 0 aromatic rings. The van der Waals surface area contributed by atoms with E-state index in [0.29, 0.717) is 5.57 Å². The van der Waals surface area contributed by atoms with Crippen LogP contribution in [0.4, 0.5) is 0 Å². The Morgan fingerprint density at radius 2 is 2.00 bits per heavy atom. The molecule has 0 aromatic heterocycles. The van der Waals surface area contributed by atoms with E-state index >= 15 is 0 Å². The maximum atomic E-state index is 12.5. The summed E-state index contributed by atoms with van der Waals surface area (Å²) >= 11 is 0. The van der Waals surface area contributed by atoms with E-state index in [1.54, 1.807) is 0 Å². The van der Waals surface area contributed by atoms with Crippen molar-refractivity contribution in [1.29, 1.82) is 0 Å². The van der Waals surface area contributed by atoms with Crippen LogP contribution in [0.3, 0.4) is 0 Å². The number of aliphatic hydroxyl groups is 2. The smallest absolute Gasteiger partial charge is 0.188 e. The van der Waals surface area contributed by atoms with E-state index in [0.717, 1.165) is 19.3 Å². The van der Waals surface area contributed by atoms with Crippen molar-refractivity contribution in [2.75, 3.05) is 6.61 Å². The molecule has 3 aliphatic rings. The van der Waals surface area contributed by atoms with Crippen molar-refractivity contribution >= 4 is 5.78 Å². The van der Waals surface area contributed by atoms with Gasteiger partial charge in [0.1, 0.15) is 5.60 Å². The molecule has 0 amide bonds. The summed E-state index contributed by atoms with van der Waals surface area (Å²) in [5, 5.41) is 21.2. The summed E-state index contributed by atoms with van der Waals surface area (Å²) in [5.74, 6) is -0.191. The van der Waals surface area contributed by atoms with Crippen molar-refractivity contribution < 1.29 is 19.7 Å². The van der Waals surface area contributed by atoms with Crippen molar-refractivity contribution in [2.45, 2.75) is 51.9 Å². The van der Waals surface area contributed by atoms with Crippen LogP contribution in [0.1, 0.15) is 40.0 Å². The minimum atomic E-state index is -1.41. The Morgan fingerprint density at radius 3 is 2.68 bits per heavy atom. The molecule has 4 heteroatoms. The maximum Gasteiger partial charge on any atom is 0.188 e. The standard InChI is InChI=1S/C15H22O4/c1-13(2)5-4-6-14(3)11(13)10(16)7-9-8-19-12(17)15(9,14)18/h7,11-12,17-18H,4-6,8H2,1-3H3/t11-,12+,14-,15-/m0/s1. The summed E-state index contributed by atoms with van der Waals surface area (Å²) in [6, 6.07) is 0. The van der Waals surface area contributed by atoms with Gasteiger partial charge in [0.05, 0.1) is 6.61 Å². The van der Waals surface area contributed by atoms with Crippen LogP contribution < -0.4 is 0 Å². The quantitative estimate of drug-likeness (QED) is 0.695. The fraction of sp³-hybridized carbons (Fsp3) is 0.800. The molecule has 1 aliphatic heterocycles. The summed E-state index contributed by atoms with van der Waals surface area (Å²) in [5.41, 5.74) is -1.68. The van der Waals surface area contributed by atoms with Gasteiger partial charge in [-0.3, -0.25) is 4.79 Å². The van der Waals surface area contributed by atoms with E-state index < -0.39 is 17.3 Å². The molecule has 4 atom stereocenters. The normalized spacial score (nSPS) is 48.5. The lowest BCUT2D eigenvalue weighted by atomic mass is 9.47. The third-order valence-corrected chi connectivity index (χ3v) is 5.65.